The number of halogens is 1. The van der Waals surface area contributed by atoms with Crippen LogP contribution in [0.3, 0.4) is 0 Å². The van der Waals surface area contributed by atoms with Crippen LogP contribution in [-0.2, 0) is 4.74 Å². The number of aryl methyl sites for hydroxylation is 2. The topological polar surface area (TPSA) is 22.9 Å². The minimum absolute atomic E-state index is 0.00677. The fraction of sp³-hybridized carbons (Fsp3) is 0.267. The zero-order valence-electron chi connectivity index (χ0n) is 19.8. The molecule has 2 heterocycles. The number of nitrogens with one attached hydrogen (secondary N) is 1. The van der Waals surface area contributed by atoms with Crippen molar-refractivity contribution < 1.29 is 14.4 Å². The lowest BCUT2D eigenvalue weighted by atomic mass is 9.83. The van der Waals surface area contributed by atoms with E-state index in [2.05, 4.69) is 80.6 Å². The molecule has 0 aliphatic carbocycles. The van der Waals surface area contributed by atoms with Crippen molar-refractivity contribution in [3.8, 4) is 5.75 Å². The molecule has 4 heteroatoms. The third-order valence-electron chi connectivity index (χ3n) is 6.74. The van der Waals surface area contributed by atoms with Gasteiger partial charge in [0.15, 0.2) is 5.76 Å². The van der Waals surface area contributed by atoms with Gasteiger partial charge in [0.2, 0.25) is 0 Å². The van der Waals surface area contributed by atoms with Crippen LogP contribution in [0, 0.1) is 13.8 Å². The zero-order chi connectivity index (χ0) is 23.5. The maximum absolute atomic E-state index is 7.26. The third-order valence-corrected chi connectivity index (χ3v) is 7.13. The van der Waals surface area contributed by atoms with Crippen LogP contribution in [-0.4, -0.2) is 32.8 Å². The second-order valence-electron chi connectivity index (χ2n) is 9.22. The Bertz CT molecular complexity index is 1210. The van der Waals surface area contributed by atoms with E-state index in [0.29, 0.717) is 10.8 Å². The molecule has 1 atom stereocenters. The van der Waals surface area contributed by atoms with Gasteiger partial charge < -0.3 is 14.4 Å². The van der Waals surface area contributed by atoms with E-state index in [1.807, 2.05) is 12.1 Å². The average molecular weight is 473 g/mol. The number of allylic oxidation sites excluding steroid dienone is 2. The Hall–Kier alpha value is -2.85. The Morgan fingerprint density at radius 2 is 1.53 bits per heavy atom. The molecule has 2 aliphatic rings. The summed E-state index contributed by atoms with van der Waals surface area (Å²) in [6.07, 6.45) is 2.33. The van der Waals surface area contributed by atoms with Crippen molar-refractivity contribution in [2.75, 3.05) is 32.8 Å². The van der Waals surface area contributed by atoms with Crippen LogP contribution < -0.4 is 9.64 Å². The quantitative estimate of drug-likeness (QED) is 0.558. The number of fused-ring (bicyclic) bond motifs is 1. The summed E-state index contributed by atoms with van der Waals surface area (Å²) >= 11 is 7.26. The molecule has 0 radical (unpaired) electrons. The predicted molar refractivity (Wildman–Crippen MR) is 139 cm³/mol. The lowest BCUT2D eigenvalue weighted by Gasteiger charge is -2.24. The van der Waals surface area contributed by atoms with Gasteiger partial charge in [0.25, 0.3) is 0 Å². The highest BCUT2D eigenvalue weighted by Crippen LogP contribution is 2.47. The van der Waals surface area contributed by atoms with Gasteiger partial charge in [0.05, 0.1) is 24.8 Å². The molecular weight excluding hydrogens is 442 g/mol. The first-order valence-corrected chi connectivity index (χ1v) is 12.4. The van der Waals surface area contributed by atoms with E-state index in [-0.39, 0.29) is 5.92 Å². The minimum atomic E-state index is -0.00677. The summed E-state index contributed by atoms with van der Waals surface area (Å²) in [6.45, 7) is 8.76. The number of hydrogen-bond acceptors (Lipinski definition) is 2. The van der Waals surface area contributed by atoms with Gasteiger partial charge in [-0.05, 0) is 37.1 Å². The van der Waals surface area contributed by atoms with Crippen LogP contribution >= 0.6 is 11.6 Å². The molecule has 1 N–H and O–H groups in total. The Labute approximate surface area is 207 Å². The highest BCUT2D eigenvalue weighted by Gasteiger charge is 2.31. The number of para-hydroxylation sites is 1. The van der Waals surface area contributed by atoms with E-state index >= 15 is 0 Å². The summed E-state index contributed by atoms with van der Waals surface area (Å²) < 4.78 is 12.1. The van der Waals surface area contributed by atoms with Gasteiger partial charge in [0.1, 0.15) is 18.8 Å². The molecule has 5 rings (SSSR count). The van der Waals surface area contributed by atoms with Gasteiger partial charge in [-0.2, -0.15) is 0 Å². The van der Waals surface area contributed by atoms with Crippen LogP contribution in [0.25, 0.3) is 5.76 Å². The summed E-state index contributed by atoms with van der Waals surface area (Å²) in [5.41, 5.74) is 6.89. The second-order valence-corrected chi connectivity index (χ2v) is 9.60. The zero-order valence-corrected chi connectivity index (χ0v) is 20.6. The van der Waals surface area contributed by atoms with Crippen molar-refractivity contribution in [1.29, 1.82) is 0 Å². The van der Waals surface area contributed by atoms with Crippen molar-refractivity contribution in [1.82, 2.24) is 0 Å². The van der Waals surface area contributed by atoms with E-state index in [9.17, 15) is 0 Å². The summed E-state index contributed by atoms with van der Waals surface area (Å²) in [6, 6.07) is 25.5. The van der Waals surface area contributed by atoms with Crippen LogP contribution in [0.4, 0.5) is 0 Å². The average Bonchev–Trinajstić information content (AvgIpc) is 2.99. The van der Waals surface area contributed by atoms with Crippen molar-refractivity contribution in [2.45, 2.75) is 19.8 Å². The summed E-state index contributed by atoms with van der Waals surface area (Å²) in [5, 5.41) is 0.679. The van der Waals surface area contributed by atoms with Gasteiger partial charge >= 0.3 is 0 Å². The van der Waals surface area contributed by atoms with E-state index in [4.69, 9.17) is 21.1 Å². The van der Waals surface area contributed by atoms with Crippen LogP contribution in [0.1, 0.15) is 33.7 Å². The standard InChI is InChI=1S/C30H30ClNO2/c1-21-7-11-23(12-8-21)28-25-5-3-4-6-27(25)34-30(24-13-9-22(2)10-14-24)29(31)26(28)15-16-32-17-19-33-20-18-32/h3-15,28H,16-20H2,1-2H3/p+1/b26-15-. The first-order chi connectivity index (χ1) is 16.6. The molecule has 34 heavy (non-hydrogen) atoms. The summed E-state index contributed by atoms with van der Waals surface area (Å²) in [5.74, 6) is 1.56. The molecule has 174 valence electrons. The molecule has 2 aliphatic heterocycles. The maximum atomic E-state index is 7.26. The Morgan fingerprint density at radius 1 is 0.882 bits per heavy atom. The maximum Gasteiger partial charge on any atom is 0.153 e. The highest BCUT2D eigenvalue weighted by molar-refractivity contribution is 6.35. The van der Waals surface area contributed by atoms with Gasteiger partial charge in [-0.15, -0.1) is 0 Å². The molecule has 1 fully saturated rings. The minimum Gasteiger partial charge on any atom is -0.455 e. The molecule has 1 unspecified atom stereocenters. The molecule has 0 saturated carbocycles. The van der Waals surface area contributed by atoms with Gasteiger partial charge in [0, 0.05) is 17.0 Å². The molecule has 0 spiro atoms. The largest absolute Gasteiger partial charge is 0.455 e. The molecule has 3 aromatic carbocycles. The van der Waals surface area contributed by atoms with E-state index in [1.165, 1.54) is 21.6 Å². The normalized spacial score (nSPS) is 20.1. The number of benzene rings is 3. The fourth-order valence-corrected chi connectivity index (χ4v) is 5.06. The lowest BCUT2D eigenvalue weighted by Crippen LogP contribution is -3.13. The molecule has 1 saturated heterocycles. The molecule has 3 nitrogen and oxygen atoms in total. The van der Waals surface area contributed by atoms with E-state index in [1.54, 1.807) is 0 Å². The number of quaternary nitrogens is 1. The highest BCUT2D eigenvalue weighted by atomic mass is 35.5. The van der Waals surface area contributed by atoms with Gasteiger partial charge in [-0.3, -0.25) is 0 Å². The van der Waals surface area contributed by atoms with Crippen LogP contribution in [0.5, 0.6) is 5.75 Å². The van der Waals surface area contributed by atoms with Crippen molar-refractivity contribution in [3.63, 3.8) is 0 Å². The SMILES string of the molecule is Cc1ccc(C2=C(Cl)/C(=C\C[NH+]3CCOCC3)C(c3ccc(C)cc3)c3ccccc3O2)cc1. The van der Waals surface area contributed by atoms with Crippen molar-refractivity contribution in [3.05, 3.63) is 117 Å². The predicted octanol–water partition coefficient (Wildman–Crippen LogP) is 5.28. The molecular formula is C30H31ClNO2+. The third kappa shape index (κ3) is 4.83. The second kappa shape index (κ2) is 10.2. The Kier molecular flexibility index (Phi) is 6.87. The number of rotatable bonds is 4. The number of hydrogen-bond donors (Lipinski definition) is 1. The number of ether oxygens (including phenoxy) is 2. The summed E-state index contributed by atoms with van der Waals surface area (Å²) in [4.78, 5) is 1.52. The van der Waals surface area contributed by atoms with Crippen molar-refractivity contribution in [2.24, 2.45) is 0 Å². The molecule has 0 amide bonds. The fourth-order valence-electron chi connectivity index (χ4n) is 4.73. The smallest absolute Gasteiger partial charge is 0.153 e. The Morgan fingerprint density at radius 3 is 2.24 bits per heavy atom. The van der Waals surface area contributed by atoms with Crippen LogP contribution in [0.15, 0.2) is 89.5 Å². The van der Waals surface area contributed by atoms with Crippen LogP contribution in [0.2, 0.25) is 0 Å². The summed E-state index contributed by atoms with van der Waals surface area (Å²) in [7, 11) is 0. The van der Waals surface area contributed by atoms with Crippen molar-refractivity contribution >= 4 is 17.4 Å². The van der Waals surface area contributed by atoms with Gasteiger partial charge in [-0.25, -0.2) is 0 Å². The molecule has 0 bridgehead atoms. The molecule has 0 aromatic heterocycles. The first kappa shape index (κ1) is 22.9. The monoisotopic (exact) mass is 472 g/mol. The van der Waals surface area contributed by atoms with E-state index in [0.717, 1.165) is 55.3 Å². The van der Waals surface area contributed by atoms with E-state index < -0.39 is 0 Å². The van der Waals surface area contributed by atoms with Gasteiger partial charge in [-0.1, -0.05) is 89.5 Å². The Balaban J connectivity index is 1.68. The lowest BCUT2D eigenvalue weighted by molar-refractivity contribution is -0.902. The first-order valence-electron chi connectivity index (χ1n) is 12.0. The number of morpholine rings is 1. The molecule has 3 aromatic rings.